The average Bonchev–Trinajstić information content (AvgIpc) is 2.27. The maximum absolute atomic E-state index is 11.0. The maximum Gasteiger partial charge on any atom is 0.326 e. The molecule has 0 amide bonds. The molecule has 1 aromatic rings. The zero-order chi connectivity index (χ0) is 13.6. The molecular weight excluding hydrogens is 257 g/mol. The smallest absolute Gasteiger partial charge is 0.326 e. The van der Waals surface area contributed by atoms with Gasteiger partial charge in [0.1, 0.15) is 6.04 Å². The number of nitrogens with one attached hydrogen (secondary N) is 1. The van der Waals surface area contributed by atoms with Gasteiger partial charge < -0.3 is 20.2 Å². The second kappa shape index (κ2) is 6.66. The van der Waals surface area contributed by atoms with E-state index in [1.807, 2.05) is 18.2 Å². The molecule has 1 atom stereocenters. The van der Waals surface area contributed by atoms with Crippen molar-refractivity contribution < 1.29 is 24.3 Å². The van der Waals surface area contributed by atoms with Gasteiger partial charge in [0.05, 0.1) is 6.16 Å². The zero-order valence-electron chi connectivity index (χ0n) is 9.69. The molecule has 1 aromatic carbocycles. The Labute approximate surface area is 105 Å². The standard InChI is InChI=1S/C11H16NO5P/c13-11(14)10(12-6-7-18(15,16)17)8-9-4-2-1-3-5-9/h1-5,10,12H,6-8H2,(H,13,14)(H2,15,16,17)/t10-/m0/s1. The quantitative estimate of drug-likeness (QED) is 0.537. The van der Waals surface area contributed by atoms with Gasteiger partial charge >= 0.3 is 13.6 Å². The number of benzene rings is 1. The Morgan fingerprint density at radius 3 is 2.39 bits per heavy atom. The largest absolute Gasteiger partial charge is 0.480 e. The van der Waals surface area contributed by atoms with E-state index in [9.17, 15) is 9.36 Å². The van der Waals surface area contributed by atoms with Gasteiger partial charge in [0.15, 0.2) is 0 Å². The Bertz CT molecular complexity index is 430. The molecule has 0 spiro atoms. The topological polar surface area (TPSA) is 107 Å². The number of hydrogen-bond donors (Lipinski definition) is 4. The minimum Gasteiger partial charge on any atom is -0.480 e. The zero-order valence-corrected chi connectivity index (χ0v) is 10.6. The van der Waals surface area contributed by atoms with Gasteiger partial charge in [-0.15, -0.1) is 0 Å². The molecule has 0 aliphatic carbocycles. The van der Waals surface area contributed by atoms with Gasteiger partial charge in [0.25, 0.3) is 0 Å². The molecule has 0 heterocycles. The van der Waals surface area contributed by atoms with E-state index < -0.39 is 19.6 Å². The monoisotopic (exact) mass is 273 g/mol. The second-order valence-electron chi connectivity index (χ2n) is 3.92. The summed E-state index contributed by atoms with van der Waals surface area (Å²) in [5, 5.41) is 11.6. The van der Waals surface area contributed by atoms with Crippen molar-refractivity contribution in [1.29, 1.82) is 0 Å². The molecule has 6 nitrogen and oxygen atoms in total. The van der Waals surface area contributed by atoms with Crippen LogP contribution in [0.15, 0.2) is 30.3 Å². The van der Waals surface area contributed by atoms with Gasteiger partial charge in [-0.05, 0) is 12.0 Å². The molecule has 0 fully saturated rings. The molecule has 0 unspecified atom stereocenters. The van der Waals surface area contributed by atoms with Crippen LogP contribution in [0.4, 0.5) is 0 Å². The SMILES string of the molecule is O=C(O)[C@H](Cc1ccccc1)NCCP(=O)(O)O. The molecule has 0 bridgehead atoms. The van der Waals surface area contributed by atoms with Crippen molar-refractivity contribution in [3.8, 4) is 0 Å². The first-order valence-corrected chi connectivity index (χ1v) is 7.23. The van der Waals surface area contributed by atoms with Crippen LogP contribution < -0.4 is 5.32 Å². The molecule has 0 saturated heterocycles. The van der Waals surface area contributed by atoms with Crippen LogP contribution in [-0.2, 0) is 15.8 Å². The first-order valence-electron chi connectivity index (χ1n) is 5.43. The molecule has 4 N–H and O–H groups in total. The summed E-state index contributed by atoms with van der Waals surface area (Å²) in [6, 6.07) is 8.22. The highest BCUT2D eigenvalue weighted by molar-refractivity contribution is 7.51. The summed E-state index contributed by atoms with van der Waals surface area (Å²) >= 11 is 0. The van der Waals surface area contributed by atoms with Gasteiger partial charge in [-0.25, -0.2) is 0 Å². The van der Waals surface area contributed by atoms with Gasteiger partial charge in [0.2, 0.25) is 0 Å². The van der Waals surface area contributed by atoms with Crippen LogP contribution in [0.3, 0.4) is 0 Å². The third-order valence-corrected chi connectivity index (χ3v) is 3.18. The lowest BCUT2D eigenvalue weighted by Gasteiger charge is -2.14. The van der Waals surface area contributed by atoms with E-state index in [1.54, 1.807) is 12.1 Å². The molecule has 0 aliphatic heterocycles. The molecular formula is C11H16NO5P. The summed E-state index contributed by atoms with van der Waals surface area (Å²) in [5.41, 5.74) is 0.855. The number of carbonyl (C=O) groups is 1. The van der Waals surface area contributed by atoms with Gasteiger partial charge in [0, 0.05) is 6.54 Å². The van der Waals surface area contributed by atoms with Gasteiger partial charge in [-0.3, -0.25) is 9.36 Å². The highest BCUT2D eigenvalue weighted by Gasteiger charge is 2.19. The molecule has 0 aliphatic rings. The van der Waals surface area contributed by atoms with Crippen LogP contribution in [0.2, 0.25) is 0 Å². The summed E-state index contributed by atoms with van der Waals surface area (Å²) in [6.45, 7) is -0.0337. The van der Waals surface area contributed by atoms with E-state index >= 15 is 0 Å². The predicted molar refractivity (Wildman–Crippen MR) is 66.5 cm³/mol. The number of aliphatic carboxylic acids is 1. The van der Waals surface area contributed by atoms with Crippen LogP contribution in [0.1, 0.15) is 5.56 Å². The molecule has 0 aromatic heterocycles. The van der Waals surface area contributed by atoms with Crippen molar-refractivity contribution >= 4 is 13.6 Å². The van der Waals surface area contributed by atoms with Crippen LogP contribution >= 0.6 is 7.60 Å². The summed E-state index contributed by atoms with van der Waals surface area (Å²) in [4.78, 5) is 28.4. The van der Waals surface area contributed by atoms with E-state index in [0.717, 1.165) is 5.56 Å². The molecule has 7 heteroatoms. The third kappa shape index (κ3) is 5.93. The fraction of sp³-hybridized carbons (Fsp3) is 0.364. The van der Waals surface area contributed by atoms with Crippen molar-refractivity contribution in [2.24, 2.45) is 0 Å². The van der Waals surface area contributed by atoms with E-state index in [2.05, 4.69) is 5.32 Å². The summed E-state index contributed by atoms with van der Waals surface area (Å²) in [5.74, 6) is -1.04. The third-order valence-electron chi connectivity index (χ3n) is 2.37. The fourth-order valence-corrected chi connectivity index (χ4v) is 1.90. The van der Waals surface area contributed by atoms with Crippen molar-refractivity contribution in [1.82, 2.24) is 5.32 Å². The first-order chi connectivity index (χ1) is 8.38. The van der Waals surface area contributed by atoms with Crippen LogP contribution in [0.5, 0.6) is 0 Å². The minimum absolute atomic E-state index is 0.0337. The van der Waals surface area contributed by atoms with Crippen molar-refractivity contribution in [3.05, 3.63) is 35.9 Å². The van der Waals surface area contributed by atoms with Crippen LogP contribution in [0, 0.1) is 0 Å². The highest BCUT2D eigenvalue weighted by Crippen LogP contribution is 2.32. The normalized spacial score (nSPS) is 13.2. The number of carboxylic acids is 1. The Morgan fingerprint density at radius 1 is 1.28 bits per heavy atom. The molecule has 18 heavy (non-hydrogen) atoms. The Morgan fingerprint density at radius 2 is 1.89 bits per heavy atom. The number of hydrogen-bond acceptors (Lipinski definition) is 3. The Balaban J connectivity index is 2.51. The van der Waals surface area contributed by atoms with Gasteiger partial charge in [-0.1, -0.05) is 30.3 Å². The lowest BCUT2D eigenvalue weighted by atomic mass is 10.1. The molecule has 1 rings (SSSR count). The van der Waals surface area contributed by atoms with E-state index in [-0.39, 0.29) is 19.1 Å². The highest BCUT2D eigenvalue weighted by atomic mass is 31.2. The van der Waals surface area contributed by atoms with Gasteiger partial charge in [-0.2, -0.15) is 0 Å². The van der Waals surface area contributed by atoms with E-state index in [1.165, 1.54) is 0 Å². The van der Waals surface area contributed by atoms with Crippen LogP contribution in [-0.4, -0.2) is 39.6 Å². The molecule has 100 valence electrons. The minimum atomic E-state index is -4.09. The lowest BCUT2D eigenvalue weighted by Crippen LogP contribution is -2.39. The predicted octanol–water partition coefficient (Wildman–Crippen LogP) is 0.450. The average molecular weight is 273 g/mol. The van der Waals surface area contributed by atoms with Crippen molar-refractivity contribution in [3.63, 3.8) is 0 Å². The number of rotatable bonds is 7. The maximum atomic E-state index is 11.0. The molecule has 0 radical (unpaired) electrons. The number of carboxylic acid groups (broad SMARTS) is 1. The Kier molecular flexibility index (Phi) is 5.50. The summed E-state index contributed by atoms with van der Waals surface area (Å²) < 4.78 is 10.6. The van der Waals surface area contributed by atoms with Crippen LogP contribution in [0.25, 0.3) is 0 Å². The summed E-state index contributed by atoms with van der Waals surface area (Å²) in [7, 11) is -4.09. The second-order valence-corrected chi connectivity index (χ2v) is 5.70. The fourth-order valence-electron chi connectivity index (χ4n) is 1.48. The van der Waals surface area contributed by atoms with Crippen molar-refractivity contribution in [2.75, 3.05) is 12.7 Å². The summed E-state index contributed by atoms with van der Waals surface area (Å²) in [6.07, 6.45) is -0.0943. The van der Waals surface area contributed by atoms with Crippen molar-refractivity contribution in [2.45, 2.75) is 12.5 Å². The first kappa shape index (κ1) is 14.9. The molecule has 0 saturated carbocycles. The van der Waals surface area contributed by atoms with E-state index in [4.69, 9.17) is 14.9 Å². The van der Waals surface area contributed by atoms with E-state index in [0.29, 0.717) is 0 Å². The Hall–Kier alpha value is -1.20. The lowest BCUT2D eigenvalue weighted by molar-refractivity contribution is -0.139.